The van der Waals surface area contributed by atoms with Gasteiger partial charge in [0, 0.05) is 6.42 Å². The third-order valence-electron chi connectivity index (χ3n) is 4.41. The molecule has 23 heavy (non-hydrogen) atoms. The van der Waals surface area contributed by atoms with Crippen LogP contribution < -0.4 is 0 Å². The summed E-state index contributed by atoms with van der Waals surface area (Å²) >= 11 is 0. The van der Waals surface area contributed by atoms with Crippen molar-refractivity contribution in [1.29, 1.82) is 0 Å². The first kappa shape index (κ1) is 18.2. The van der Waals surface area contributed by atoms with Crippen LogP contribution in [0.5, 0.6) is 0 Å². The van der Waals surface area contributed by atoms with Crippen molar-refractivity contribution >= 4 is 5.97 Å². The molecule has 0 aromatic heterocycles. The van der Waals surface area contributed by atoms with Gasteiger partial charge in [-0.1, -0.05) is 5.92 Å². The highest BCUT2D eigenvalue weighted by Crippen LogP contribution is 2.43. The molecule has 2 aliphatic rings. The van der Waals surface area contributed by atoms with Crippen LogP contribution in [-0.4, -0.2) is 53.5 Å². The fraction of sp³-hybridized carbons (Fsp3) is 0.824. The van der Waals surface area contributed by atoms with Crippen LogP contribution in [0.1, 0.15) is 39.5 Å². The SMILES string of the molecule is C#C[C@@H]1O[C@@H](O[C@H](C)CC[C@@H]2C[C@H]2C(=O)OCC)[C@H](O)C[C@H]1O. The van der Waals surface area contributed by atoms with Gasteiger partial charge in [-0.25, -0.2) is 0 Å². The lowest BCUT2D eigenvalue weighted by atomic mass is 10.0. The fourth-order valence-electron chi connectivity index (χ4n) is 2.93. The molecule has 2 N–H and O–H groups in total. The van der Waals surface area contributed by atoms with Gasteiger partial charge in [-0.3, -0.25) is 4.79 Å². The normalized spacial score (nSPS) is 37.7. The second-order valence-electron chi connectivity index (χ2n) is 6.34. The molecule has 1 saturated carbocycles. The molecule has 1 aliphatic carbocycles. The van der Waals surface area contributed by atoms with Gasteiger partial charge in [0.25, 0.3) is 0 Å². The number of terminal acetylenes is 1. The van der Waals surface area contributed by atoms with Crippen molar-refractivity contribution in [3.63, 3.8) is 0 Å². The summed E-state index contributed by atoms with van der Waals surface area (Å²) in [5, 5.41) is 19.6. The van der Waals surface area contributed by atoms with E-state index in [4.69, 9.17) is 20.6 Å². The predicted octanol–water partition coefficient (Wildman–Crippen LogP) is 0.841. The van der Waals surface area contributed by atoms with Gasteiger partial charge in [0.05, 0.1) is 24.7 Å². The Morgan fingerprint density at radius 2 is 2.13 bits per heavy atom. The highest BCUT2D eigenvalue weighted by molar-refractivity contribution is 5.75. The van der Waals surface area contributed by atoms with Crippen molar-refractivity contribution in [2.24, 2.45) is 11.8 Å². The average molecular weight is 326 g/mol. The van der Waals surface area contributed by atoms with Gasteiger partial charge in [0.15, 0.2) is 6.29 Å². The zero-order valence-corrected chi connectivity index (χ0v) is 13.7. The predicted molar refractivity (Wildman–Crippen MR) is 82.1 cm³/mol. The Morgan fingerprint density at radius 1 is 1.39 bits per heavy atom. The second-order valence-corrected chi connectivity index (χ2v) is 6.34. The minimum absolute atomic E-state index is 0.0274. The lowest BCUT2D eigenvalue weighted by Gasteiger charge is -2.36. The molecule has 0 radical (unpaired) electrons. The summed E-state index contributed by atoms with van der Waals surface area (Å²) in [4.78, 5) is 11.6. The van der Waals surface area contributed by atoms with E-state index in [1.54, 1.807) is 6.92 Å². The number of carbonyl (C=O) groups excluding carboxylic acids is 1. The first-order valence-corrected chi connectivity index (χ1v) is 8.26. The third kappa shape index (κ3) is 4.92. The molecule has 6 heteroatoms. The molecule has 6 nitrogen and oxygen atoms in total. The molecule has 0 bridgehead atoms. The number of esters is 1. The number of rotatable bonds is 7. The van der Waals surface area contributed by atoms with Gasteiger partial charge in [-0.05, 0) is 39.0 Å². The average Bonchev–Trinajstić information content (AvgIpc) is 3.28. The minimum atomic E-state index is -0.898. The molecule has 0 amide bonds. The van der Waals surface area contributed by atoms with Crippen molar-refractivity contribution < 1.29 is 29.2 Å². The Bertz CT molecular complexity index is 445. The molecule has 130 valence electrons. The summed E-state index contributed by atoms with van der Waals surface area (Å²) in [6, 6.07) is 0. The standard InChI is InChI=1S/C17H26O6/c1-4-15-13(18)9-14(19)17(23-15)22-10(3)6-7-11-8-12(11)16(20)21-5-2/h1,10-15,17-19H,5-9H2,2-3H3/t10-,11-,12-,13-,14-,15+,17-/m1/s1. The summed E-state index contributed by atoms with van der Waals surface area (Å²) in [7, 11) is 0. The van der Waals surface area contributed by atoms with Crippen LogP contribution in [-0.2, 0) is 19.0 Å². The number of hydrogen-bond acceptors (Lipinski definition) is 6. The zero-order valence-electron chi connectivity index (χ0n) is 13.7. The monoisotopic (exact) mass is 326 g/mol. The van der Waals surface area contributed by atoms with Gasteiger partial charge in [0.2, 0.25) is 0 Å². The van der Waals surface area contributed by atoms with Gasteiger partial charge in [-0.15, -0.1) is 6.42 Å². The largest absolute Gasteiger partial charge is 0.466 e. The molecule has 1 aliphatic heterocycles. The summed E-state index contributed by atoms with van der Waals surface area (Å²) in [5.41, 5.74) is 0. The smallest absolute Gasteiger partial charge is 0.309 e. The van der Waals surface area contributed by atoms with Crippen LogP contribution in [0.15, 0.2) is 0 Å². The highest BCUT2D eigenvalue weighted by Gasteiger charge is 2.44. The van der Waals surface area contributed by atoms with Crippen molar-refractivity contribution in [2.75, 3.05) is 6.61 Å². The van der Waals surface area contributed by atoms with Crippen molar-refractivity contribution in [2.45, 2.75) is 70.2 Å². The third-order valence-corrected chi connectivity index (χ3v) is 4.41. The molecule has 1 saturated heterocycles. The van der Waals surface area contributed by atoms with E-state index in [1.165, 1.54) is 0 Å². The first-order valence-electron chi connectivity index (χ1n) is 8.26. The van der Waals surface area contributed by atoms with Crippen LogP contribution in [0.3, 0.4) is 0 Å². The molecule has 0 unspecified atom stereocenters. The van der Waals surface area contributed by atoms with Gasteiger partial charge < -0.3 is 24.4 Å². The van der Waals surface area contributed by atoms with Crippen LogP contribution in [0.4, 0.5) is 0 Å². The molecule has 2 rings (SSSR count). The zero-order chi connectivity index (χ0) is 17.0. The Kier molecular flexibility index (Phi) is 6.42. The van der Waals surface area contributed by atoms with Gasteiger partial charge in [-0.2, -0.15) is 0 Å². The maximum atomic E-state index is 11.6. The molecule has 1 heterocycles. The number of hydrogen-bond donors (Lipinski definition) is 2. The second kappa shape index (κ2) is 8.11. The van der Waals surface area contributed by atoms with E-state index < -0.39 is 24.6 Å². The van der Waals surface area contributed by atoms with Crippen molar-refractivity contribution in [3.8, 4) is 12.3 Å². The number of aliphatic hydroxyl groups excluding tert-OH is 2. The summed E-state index contributed by atoms with van der Waals surface area (Å²) in [6.45, 7) is 4.12. The quantitative estimate of drug-likeness (QED) is 0.533. The molecular formula is C17H26O6. The highest BCUT2D eigenvalue weighted by atomic mass is 16.7. The van der Waals surface area contributed by atoms with E-state index in [1.807, 2.05) is 6.92 Å². The summed E-state index contributed by atoms with van der Waals surface area (Å²) < 4.78 is 16.1. The number of carbonyl (C=O) groups is 1. The van der Waals surface area contributed by atoms with E-state index in [9.17, 15) is 15.0 Å². The molecule has 2 fully saturated rings. The Labute approximate surface area is 137 Å². The Balaban J connectivity index is 1.70. The topological polar surface area (TPSA) is 85.2 Å². The molecule has 0 aromatic carbocycles. The lowest BCUT2D eigenvalue weighted by molar-refractivity contribution is -0.265. The van der Waals surface area contributed by atoms with E-state index in [0.29, 0.717) is 12.5 Å². The Hall–Kier alpha value is -1.13. The molecule has 0 spiro atoms. The maximum Gasteiger partial charge on any atom is 0.309 e. The van der Waals surface area contributed by atoms with Crippen LogP contribution in [0, 0.1) is 24.2 Å². The fourth-order valence-corrected chi connectivity index (χ4v) is 2.93. The van der Waals surface area contributed by atoms with Crippen molar-refractivity contribution in [3.05, 3.63) is 0 Å². The van der Waals surface area contributed by atoms with Gasteiger partial charge in [0.1, 0.15) is 12.2 Å². The summed E-state index contributed by atoms with van der Waals surface area (Å²) in [5.74, 6) is 2.63. The molecule has 7 atom stereocenters. The van der Waals surface area contributed by atoms with Gasteiger partial charge >= 0.3 is 5.97 Å². The minimum Gasteiger partial charge on any atom is -0.466 e. The number of aliphatic hydroxyl groups is 2. The Morgan fingerprint density at radius 3 is 2.78 bits per heavy atom. The molecular weight excluding hydrogens is 300 g/mol. The molecule has 0 aromatic rings. The van der Waals surface area contributed by atoms with Crippen LogP contribution in [0.2, 0.25) is 0 Å². The maximum absolute atomic E-state index is 11.6. The van der Waals surface area contributed by atoms with E-state index >= 15 is 0 Å². The van der Waals surface area contributed by atoms with E-state index in [2.05, 4.69) is 5.92 Å². The van der Waals surface area contributed by atoms with Crippen molar-refractivity contribution in [1.82, 2.24) is 0 Å². The van der Waals surface area contributed by atoms with E-state index in [-0.39, 0.29) is 24.4 Å². The van der Waals surface area contributed by atoms with E-state index in [0.717, 1.165) is 19.3 Å². The summed E-state index contributed by atoms with van der Waals surface area (Å²) in [6.07, 6.45) is 4.45. The van der Waals surface area contributed by atoms with Crippen LogP contribution >= 0.6 is 0 Å². The lowest BCUT2D eigenvalue weighted by Crippen LogP contribution is -2.48. The van der Waals surface area contributed by atoms with Crippen LogP contribution in [0.25, 0.3) is 0 Å². The number of ether oxygens (including phenoxy) is 3. The first-order chi connectivity index (χ1) is 11.0.